The molecule has 0 aliphatic carbocycles. The van der Waals surface area contributed by atoms with Crippen LogP contribution >= 0.6 is 11.3 Å². The number of carbonyl (C=O) groups is 1. The van der Waals surface area contributed by atoms with E-state index in [0.717, 1.165) is 17.1 Å². The molecule has 0 spiro atoms. The number of anilines is 1. The summed E-state index contributed by atoms with van der Waals surface area (Å²) in [5.74, 6) is 0.0833. The second kappa shape index (κ2) is 7.74. The van der Waals surface area contributed by atoms with Crippen molar-refractivity contribution >= 4 is 32.6 Å². The number of amides is 1. The van der Waals surface area contributed by atoms with Crippen LogP contribution in [0.25, 0.3) is 10.2 Å². The van der Waals surface area contributed by atoms with Gasteiger partial charge in [0.05, 0.1) is 10.2 Å². The Morgan fingerprint density at radius 3 is 2.61 bits per heavy atom. The summed E-state index contributed by atoms with van der Waals surface area (Å²) in [4.78, 5) is 16.3. The average molecular weight is 325 g/mol. The summed E-state index contributed by atoms with van der Waals surface area (Å²) in [5, 5.41) is 7.08. The van der Waals surface area contributed by atoms with Crippen LogP contribution in [0.3, 0.4) is 0 Å². The summed E-state index contributed by atoms with van der Waals surface area (Å²) in [6.07, 6.45) is 1.29. The highest BCUT2D eigenvalue weighted by molar-refractivity contribution is 7.22. The Balaban J connectivity index is 1.37. The molecule has 1 amide bonds. The minimum atomic E-state index is 0.0833. The number of hydrogen-bond acceptors (Lipinski definition) is 4. The molecule has 0 saturated heterocycles. The number of para-hydroxylation sites is 1. The van der Waals surface area contributed by atoms with Gasteiger partial charge in [0.2, 0.25) is 5.91 Å². The lowest BCUT2D eigenvalue weighted by molar-refractivity contribution is -0.120. The van der Waals surface area contributed by atoms with Crippen LogP contribution in [0.5, 0.6) is 0 Å². The van der Waals surface area contributed by atoms with Gasteiger partial charge in [0.25, 0.3) is 0 Å². The molecule has 0 aliphatic heterocycles. The Morgan fingerprint density at radius 2 is 1.78 bits per heavy atom. The number of rotatable bonds is 7. The number of aryl methyl sites for hydroxylation is 1. The summed E-state index contributed by atoms with van der Waals surface area (Å²) in [6, 6.07) is 18.1. The van der Waals surface area contributed by atoms with Crippen molar-refractivity contribution in [2.75, 3.05) is 18.4 Å². The second-order valence-corrected chi connectivity index (χ2v) is 6.28. The monoisotopic (exact) mass is 325 g/mol. The maximum Gasteiger partial charge on any atom is 0.220 e. The first-order chi connectivity index (χ1) is 11.3. The van der Waals surface area contributed by atoms with Crippen molar-refractivity contribution in [3.63, 3.8) is 0 Å². The maximum absolute atomic E-state index is 11.8. The van der Waals surface area contributed by atoms with Gasteiger partial charge in [-0.15, -0.1) is 0 Å². The van der Waals surface area contributed by atoms with E-state index in [-0.39, 0.29) is 5.91 Å². The molecule has 118 valence electrons. The van der Waals surface area contributed by atoms with E-state index < -0.39 is 0 Å². The molecule has 5 heteroatoms. The molecule has 3 aromatic rings. The topological polar surface area (TPSA) is 54.0 Å². The number of benzene rings is 2. The van der Waals surface area contributed by atoms with Gasteiger partial charge in [-0.05, 0) is 24.1 Å². The van der Waals surface area contributed by atoms with Crippen LogP contribution in [0.2, 0.25) is 0 Å². The molecule has 0 atom stereocenters. The predicted octanol–water partition coefficient (Wildman–Crippen LogP) is 3.46. The first-order valence-corrected chi connectivity index (χ1v) is 8.53. The Kier molecular flexibility index (Phi) is 5.21. The van der Waals surface area contributed by atoms with E-state index >= 15 is 0 Å². The van der Waals surface area contributed by atoms with Gasteiger partial charge in [-0.3, -0.25) is 4.79 Å². The normalized spacial score (nSPS) is 10.6. The molecule has 3 rings (SSSR count). The zero-order valence-electron chi connectivity index (χ0n) is 12.8. The molecule has 0 saturated carbocycles. The van der Waals surface area contributed by atoms with Gasteiger partial charge >= 0.3 is 0 Å². The molecule has 0 bridgehead atoms. The molecule has 0 radical (unpaired) electrons. The van der Waals surface area contributed by atoms with Gasteiger partial charge in [-0.1, -0.05) is 53.8 Å². The minimum Gasteiger partial charge on any atom is -0.360 e. The third-order valence-corrected chi connectivity index (χ3v) is 4.49. The minimum absolute atomic E-state index is 0.0833. The summed E-state index contributed by atoms with van der Waals surface area (Å²) in [5.41, 5.74) is 2.20. The second-order valence-electron chi connectivity index (χ2n) is 5.25. The molecule has 23 heavy (non-hydrogen) atoms. The largest absolute Gasteiger partial charge is 0.360 e. The zero-order valence-corrected chi connectivity index (χ0v) is 13.6. The van der Waals surface area contributed by atoms with Crippen molar-refractivity contribution in [2.45, 2.75) is 12.8 Å². The van der Waals surface area contributed by atoms with Crippen LogP contribution in [0.1, 0.15) is 12.0 Å². The summed E-state index contributed by atoms with van der Waals surface area (Å²) in [7, 11) is 0. The molecule has 1 aromatic heterocycles. The molecule has 4 nitrogen and oxygen atoms in total. The van der Waals surface area contributed by atoms with Gasteiger partial charge in [-0.25, -0.2) is 4.98 Å². The Morgan fingerprint density at radius 1 is 1.00 bits per heavy atom. The van der Waals surface area contributed by atoms with Crippen LogP contribution in [-0.4, -0.2) is 24.0 Å². The van der Waals surface area contributed by atoms with Crippen LogP contribution < -0.4 is 10.6 Å². The highest BCUT2D eigenvalue weighted by Gasteiger charge is 2.03. The predicted molar refractivity (Wildman–Crippen MR) is 95.9 cm³/mol. The average Bonchev–Trinajstić information content (AvgIpc) is 3.00. The van der Waals surface area contributed by atoms with Gasteiger partial charge < -0.3 is 10.6 Å². The quantitative estimate of drug-likeness (QED) is 0.654. The van der Waals surface area contributed by atoms with Crippen LogP contribution in [0.15, 0.2) is 54.6 Å². The number of nitrogens with one attached hydrogen (secondary N) is 2. The molecule has 0 unspecified atom stereocenters. The molecule has 2 N–H and O–H groups in total. The van der Waals surface area contributed by atoms with Crippen LogP contribution in [0, 0.1) is 0 Å². The molecule has 0 fully saturated rings. The first-order valence-electron chi connectivity index (χ1n) is 7.71. The van der Waals surface area contributed by atoms with E-state index in [1.54, 1.807) is 11.3 Å². The fourth-order valence-electron chi connectivity index (χ4n) is 2.31. The van der Waals surface area contributed by atoms with E-state index in [9.17, 15) is 4.79 Å². The maximum atomic E-state index is 11.8. The van der Waals surface area contributed by atoms with Crippen molar-refractivity contribution in [1.29, 1.82) is 0 Å². The number of aromatic nitrogens is 1. The van der Waals surface area contributed by atoms with Crippen molar-refractivity contribution < 1.29 is 4.79 Å². The highest BCUT2D eigenvalue weighted by atomic mass is 32.1. The van der Waals surface area contributed by atoms with Gasteiger partial charge in [-0.2, -0.15) is 0 Å². The lowest BCUT2D eigenvalue weighted by Crippen LogP contribution is -2.28. The van der Waals surface area contributed by atoms with E-state index in [1.807, 2.05) is 48.5 Å². The van der Waals surface area contributed by atoms with Crippen molar-refractivity contribution in [2.24, 2.45) is 0 Å². The van der Waals surface area contributed by atoms with Crippen molar-refractivity contribution in [3.8, 4) is 0 Å². The summed E-state index contributed by atoms with van der Waals surface area (Å²) in [6.45, 7) is 1.28. The van der Waals surface area contributed by atoms with Gasteiger partial charge in [0, 0.05) is 19.5 Å². The molecule has 2 aromatic carbocycles. The van der Waals surface area contributed by atoms with E-state index in [0.29, 0.717) is 19.5 Å². The standard InChI is InChI=1S/C18H19N3OS/c22-17(11-10-14-6-2-1-3-7-14)19-12-13-20-18-21-15-8-4-5-9-16(15)23-18/h1-9H,10-13H2,(H,19,22)(H,20,21). The SMILES string of the molecule is O=C(CCc1ccccc1)NCCNc1nc2ccccc2s1. The molecule has 1 heterocycles. The van der Waals surface area contributed by atoms with Gasteiger partial charge in [0.1, 0.15) is 0 Å². The third-order valence-electron chi connectivity index (χ3n) is 3.50. The molecule has 0 aliphatic rings. The summed E-state index contributed by atoms with van der Waals surface area (Å²) >= 11 is 1.63. The Bertz CT molecular complexity index is 737. The lowest BCUT2D eigenvalue weighted by atomic mass is 10.1. The number of fused-ring (bicyclic) bond motifs is 1. The number of carbonyl (C=O) groups excluding carboxylic acids is 1. The number of nitrogens with zero attached hydrogens (tertiary/aromatic N) is 1. The third kappa shape index (κ3) is 4.53. The first kappa shape index (κ1) is 15.5. The fraction of sp³-hybridized carbons (Fsp3) is 0.222. The Hall–Kier alpha value is -2.40. The van der Waals surface area contributed by atoms with Crippen LogP contribution in [0.4, 0.5) is 5.13 Å². The summed E-state index contributed by atoms with van der Waals surface area (Å²) < 4.78 is 1.17. The van der Waals surface area contributed by atoms with E-state index in [1.165, 1.54) is 10.3 Å². The number of hydrogen-bond donors (Lipinski definition) is 2. The molecular weight excluding hydrogens is 306 g/mol. The van der Waals surface area contributed by atoms with E-state index in [2.05, 4.69) is 21.7 Å². The van der Waals surface area contributed by atoms with Crippen molar-refractivity contribution in [3.05, 3.63) is 60.2 Å². The van der Waals surface area contributed by atoms with Crippen LogP contribution in [-0.2, 0) is 11.2 Å². The smallest absolute Gasteiger partial charge is 0.220 e. The molecular formula is C18H19N3OS. The lowest BCUT2D eigenvalue weighted by Gasteiger charge is -2.06. The van der Waals surface area contributed by atoms with Gasteiger partial charge in [0.15, 0.2) is 5.13 Å². The Labute approximate surface area is 139 Å². The van der Waals surface area contributed by atoms with E-state index in [4.69, 9.17) is 0 Å². The fourth-order valence-corrected chi connectivity index (χ4v) is 3.20. The number of thiazole rings is 1. The van der Waals surface area contributed by atoms with Crippen molar-refractivity contribution in [1.82, 2.24) is 10.3 Å². The zero-order chi connectivity index (χ0) is 15.9. The highest BCUT2D eigenvalue weighted by Crippen LogP contribution is 2.24.